The third kappa shape index (κ3) is 1.69. The van der Waals surface area contributed by atoms with Crippen LogP contribution in [0.3, 0.4) is 0 Å². The zero-order valence-corrected chi connectivity index (χ0v) is 6.87. The summed E-state index contributed by atoms with van der Waals surface area (Å²) in [6, 6.07) is 0.639. The second-order valence-electron chi connectivity index (χ2n) is 2.23. The summed E-state index contributed by atoms with van der Waals surface area (Å²) >= 11 is 5.45. The normalized spacial score (nSPS) is 10.8. The number of alkyl halides is 2. The summed E-state index contributed by atoms with van der Waals surface area (Å²) in [6.45, 7) is 1.37. The molecular formula is C7H5ClF3N. The van der Waals surface area contributed by atoms with Crippen LogP contribution in [-0.4, -0.2) is 4.98 Å². The van der Waals surface area contributed by atoms with Crippen LogP contribution in [0, 0.1) is 12.9 Å². The van der Waals surface area contributed by atoms with E-state index >= 15 is 0 Å². The van der Waals surface area contributed by atoms with Gasteiger partial charge in [-0.2, -0.15) is 4.39 Å². The first-order chi connectivity index (χ1) is 5.52. The molecule has 66 valence electrons. The number of hydrogen-bond donors (Lipinski definition) is 0. The van der Waals surface area contributed by atoms with Gasteiger partial charge >= 0.3 is 0 Å². The van der Waals surface area contributed by atoms with Gasteiger partial charge < -0.3 is 0 Å². The average Bonchev–Trinajstić information content (AvgIpc) is 1.96. The van der Waals surface area contributed by atoms with Crippen molar-refractivity contribution in [1.82, 2.24) is 4.98 Å². The lowest BCUT2D eigenvalue weighted by Crippen LogP contribution is -1.95. The van der Waals surface area contributed by atoms with Crippen LogP contribution in [0.1, 0.15) is 17.7 Å². The van der Waals surface area contributed by atoms with E-state index in [1.807, 2.05) is 0 Å². The van der Waals surface area contributed by atoms with Gasteiger partial charge in [-0.15, -0.1) is 0 Å². The number of hydrogen-bond acceptors (Lipinski definition) is 1. The summed E-state index contributed by atoms with van der Waals surface area (Å²) in [6.07, 6.45) is -2.77. The van der Waals surface area contributed by atoms with Crippen molar-refractivity contribution in [3.05, 3.63) is 28.3 Å². The highest BCUT2D eigenvalue weighted by Crippen LogP contribution is 2.28. The topological polar surface area (TPSA) is 12.9 Å². The van der Waals surface area contributed by atoms with Gasteiger partial charge in [-0.3, -0.25) is 0 Å². The zero-order valence-electron chi connectivity index (χ0n) is 6.11. The molecule has 0 saturated carbocycles. The molecule has 1 rings (SSSR count). The minimum Gasteiger partial charge on any atom is -0.224 e. The molecule has 0 atom stereocenters. The SMILES string of the molecule is Cc1nc(F)cc(C(F)F)c1Cl. The maximum Gasteiger partial charge on any atom is 0.265 e. The molecule has 1 heterocycles. The van der Waals surface area contributed by atoms with Gasteiger partial charge in [0.2, 0.25) is 5.95 Å². The van der Waals surface area contributed by atoms with Crippen LogP contribution in [0.4, 0.5) is 13.2 Å². The molecule has 1 nitrogen and oxygen atoms in total. The average molecular weight is 196 g/mol. The highest BCUT2D eigenvalue weighted by molar-refractivity contribution is 6.31. The minimum absolute atomic E-state index is 0.0759. The fraction of sp³-hybridized carbons (Fsp3) is 0.286. The highest BCUT2D eigenvalue weighted by Gasteiger charge is 2.15. The van der Waals surface area contributed by atoms with Crippen LogP contribution in [0.5, 0.6) is 0 Å². The molecule has 1 aromatic heterocycles. The molecule has 0 aromatic carbocycles. The van der Waals surface area contributed by atoms with E-state index in [9.17, 15) is 13.2 Å². The maximum atomic E-state index is 12.5. The van der Waals surface area contributed by atoms with Crippen molar-refractivity contribution in [3.8, 4) is 0 Å². The molecule has 0 fully saturated rings. The van der Waals surface area contributed by atoms with Crippen LogP contribution in [0.15, 0.2) is 6.07 Å². The van der Waals surface area contributed by atoms with Crippen LogP contribution < -0.4 is 0 Å². The molecule has 0 bridgehead atoms. The molecule has 0 amide bonds. The predicted octanol–water partition coefficient (Wildman–Crippen LogP) is 3.12. The Morgan fingerprint density at radius 2 is 2.08 bits per heavy atom. The van der Waals surface area contributed by atoms with Crippen molar-refractivity contribution < 1.29 is 13.2 Å². The van der Waals surface area contributed by atoms with Crippen LogP contribution in [-0.2, 0) is 0 Å². The standard InChI is InChI=1S/C7H5ClF3N/c1-3-6(8)4(7(10)11)2-5(9)12-3/h2,7H,1H3. The fourth-order valence-corrected chi connectivity index (χ4v) is 0.980. The Hall–Kier alpha value is -0.770. The Kier molecular flexibility index (Phi) is 2.57. The molecule has 0 spiro atoms. The molecule has 12 heavy (non-hydrogen) atoms. The van der Waals surface area contributed by atoms with Crippen molar-refractivity contribution in [3.63, 3.8) is 0 Å². The zero-order chi connectivity index (χ0) is 9.30. The molecule has 0 aliphatic heterocycles. The second kappa shape index (κ2) is 3.31. The van der Waals surface area contributed by atoms with Gasteiger partial charge in [0.1, 0.15) is 0 Å². The predicted molar refractivity (Wildman–Crippen MR) is 38.9 cm³/mol. The lowest BCUT2D eigenvalue weighted by molar-refractivity contribution is 0.150. The minimum atomic E-state index is -2.77. The number of nitrogens with zero attached hydrogens (tertiary/aromatic N) is 1. The van der Waals surface area contributed by atoms with E-state index in [4.69, 9.17) is 11.6 Å². The van der Waals surface area contributed by atoms with Crippen molar-refractivity contribution in [2.75, 3.05) is 0 Å². The molecule has 5 heteroatoms. The summed E-state index contributed by atoms with van der Waals surface area (Å²) < 4.78 is 36.7. The van der Waals surface area contributed by atoms with Gasteiger partial charge in [-0.25, -0.2) is 13.8 Å². The number of pyridine rings is 1. The van der Waals surface area contributed by atoms with E-state index in [1.165, 1.54) is 6.92 Å². The summed E-state index contributed by atoms with van der Waals surface area (Å²) in [7, 11) is 0. The van der Waals surface area contributed by atoms with Crippen LogP contribution in [0.2, 0.25) is 5.02 Å². The molecule has 0 radical (unpaired) electrons. The number of rotatable bonds is 1. The van der Waals surface area contributed by atoms with Gasteiger partial charge in [0.15, 0.2) is 0 Å². The van der Waals surface area contributed by atoms with Crippen molar-refractivity contribution in [2.45, 2.75) is 13.3 Å². The van der Waals surface area contributed by atoms with E-state index < -0.39 is 17.9 Å². The molecular weight excluding hydrogens is 191 g/mol. The molecule has 0 aliphatic rings. The summed E-state index contributed by atoms with van der Waals surface area (Å²) in [5.74, 6) is -0.938. The van der Waals surface area contributed by atoms with Gasteiger partial charge in [0, 0.05) is 11.6 Å². The van der Waals surface area contributed by atoms with Gasteiger partial charge in [-0.1, -0.05) is 11.6 Å². The lowest BCUT2D eigenvalue weighted by Gasteiger charge is -2.04. The van der Waals surface area contributed by atoms with Gasteiger partial charge in [0.05, 0.1) is 10.7 Å². The Morgan fingerprint density at radius 3 is 2.58 bits per heavy atom. The van der Waals surface area contributed by atoms with E-state index in [0.717, 1.165) is 0 Å². The van der Waals surface area contributed by atoms with E-state index in [2.05, 4.69) is 4.98 Å². The van der Waals surface area contributed by atoms with E-state index in [0.29, 0.717) is 6.07 Å². The highest BCUT2D eigenvalue weighted by atomic mass is 35.5. The molecule has 0 N–H and O–H groups in total. The molecule has 0 aliphatic carbocycles. The molecule has 1 aromatic rings. The first-order valence-electron chi connectivity index (χ1n) is 3.13. The Morgan fingerprint density at radius 1 is 1.50 bits per heavy atom. The van der Waals surface area contributed by atoms with Crippen molar-refractivity contribution >= 4 is 11.6 Å². The van der Waals surface area contributed by atoms with Crippen LogP contribution in [0.25, 0.3) is 0 Å². The summed E-state index contributed by atoms with van der Waals surface area (Å²) in [5, 5.41) is -0.175. The number of halogens is 4. The number of aryl methyl sites for hydroxylation is 1. The largest absolute Gasteiger partial charge is 0.265 e. The monoisotopic (exact) mass is 195 g/mol. The smallest absolute Gasteiger partial charge is 0.224 e. The van der Waals surface area contributed by atoms with Crippen LogP contribution >= 0.6 is 11.6 Å². The Labute approximate surface area is 72.2 Å². The van der Waals surface area contributed by atoms with Gasteiger partial charge in [0.25, 0.3) is 6.43 Å². The fourth-order valence-electron chi connectivity index (χ4n) is 0.801. The quantitative estimate of drug-likeness (QED) is 0.628. The third-order valence-electron chi connectivity index (χ3n) is 1.36. The Bertz CT molecular complexity index is 301. The first kappa shape index (κ1) is 9.32. The maximum absolute atomic E-state index is 12.5. The van der Waals surface area contributed by atoms with Crippen molar-refractivity contribution in [1.29, 1.82) is 0 Å². The molecule has 0 unspecified atom stereocenters. The summed E-state index contributed by atoms with van der Waals surface area (Å²) in [5.41, 5.74) is -0.436. The third-order valence-corrected chi connectivity index (χ3v) is 1.85. The second-order valence-corrected chi connectivity index (χ2v) is 2.61. The summed E-state index contributed by atoms with van der Waals surface area (Å²) in [4.78, 5) is 3.28. The number of aromatic nitrogens is 1. The van der Waals surface area contributed by atoms with Crippen molar-refractivity contribution in [2.24, 2.45) is 0 Å². The Balaban J connectivity index is 3.28. The van der Waals surface area contributed by atoms with Gasteiger partial charge in [-0.05, 0) is 6.92 Å². The first-order valence-corrected chi connectivity index (χ1v) is 3.51. The van der Waals surface area contributed by atoms with E-state index in [-0.39, 0.29) is 10.7 Å². The lowest BCUT2D eigenvalue weighted by atomic mass is 10.2. The molecule has 0 saturated heterocycles. The van der Waals surface area contributed by atoms with E-state index in [1.54, 1.807) is 0 Å².